The van der Waals surface area contributed by atoms with E-state index in [1.807, 2.05) is 28.8 Å². The zero-order valence-electron chi connectivity index (χ0n) is 19.1. The summed E-state index contributed by atoms with van der Waals surface area (Å²) in [5.41, 5.74) is 4.61. The minimum Gasteiger partial charge on any atom is -0.369 e. The number of benzene rings is 2. The van der Waals surface area contributed by atoms with Crippen molar-refractivity contribution in [1.82, 2.24) is 19.8 Å². The van der Waals surface area contributed by atoms with Crippen LogP contribution in [-0.4, -0.2) is 65.9 Å². The molecule has 4 rings (SSSR count). The first-order valence-electron chi connectivity index (χ1n) is 11.4. The van der Waals surface area contributed by atoms with E-state index in [2.05, 4.69) is 52.6 Å². The topological polar surface area (TPSA) is 53.4 Å². The Labute approximate surface area is 195 Å². The predicted molar refractivity (Wildman–Crippen MR) is 134 cm³/mol. The van der Waals surface area contributed by atoms with E-state index in [-0.39, 0.29) is 5.91 Å². The van der Waals surface area contributed by atoms with Gasteiger partial charge < -0.3 is 14.8 Å². The molecule has 1 aliphatic heterocycles. The number of aryl methyl sites for hydroxylation is 1. The van der Waals surface area contributed by atoms with Crippen molar-refractivity contribution in [2.45, 2.75) is 25.6 Å². The molecule has 0 unspecified atom stereocenters. The average molecular weight is 452 g/mol. The predicted octanol–water partition coefficient (Wildman–Crippen LogP) is 3.54. The van der Waals surface area contributed by atoms with Crippen LogP contribution in [0.2, 0.25) is 0 Å². The van der Waals surface area contributed by atoms with Crippen molar-refractivity contribution in [2.75, 3.05) is 50.4 Å². The first-order valence-corrected chi connectivity index (χ1v) is 12.8. The normalized spacial score (nSPS) is 14.8. The fourth-order valence-electron chi connectivity index (χ4n) is 4.33. The van der Waals surface area contributed by atoms with Gasteiger partial charge in [-0.1, -0.05) is 24.3 Å². The van der Waals surface area contributed by atoms with Crippen molar-refractivity contribution < 1.29 is 4.79 Å². The maximum Gasteiger partial charge on any atom is 0.240 e. The molecule has 2 aromatic carbocycles. The molecular formula is C25H33N5OS. The van der Waals surface area contributed by atoms with Gasteiger partial charge in [0.1, 0.15) is 12.4 Å². The number of imidazole rings is 1. The zero-order chi connectivity index (χ0) is 22.3. The number of para-hydroxylation sites is 2. The number of piperazine rings is 1. The van der Waals surface area contributed by atoms with Crippen molar-refractivity contribution >= 4 is 34.4 Å². The van der Waals surface area contributed by atoms with Gasteiger partial charge in [-0.05, 0) is 56.0 Å². The maximum absolute atomic E-state index is 12.6. The van der Waals surface area contributed by atoms with Gasteiger partial charge in [-0.2, -0.15) is 11.8 Å². The second-order valence-electron chi connectivity index (χ2n) is 8.41. The molecule has 170 valence electrons. The van der Waals surface area contributed by atoms with Gasteiger partial charge in [0.25, 0.3) is 0 Å². The summed E-state index contributed by atoms with van der Waals surface area (Å²) in [6, 6.07) is 16.8. The van der Waals surface area contributed by atoms with E-state index in [1.54, 1.807) is 11.8 Å². The molecule has 0 aliphatic carbocycles. The summed E-state index contributed by atoms with van der Waals surface area (Å²) in [7, 11) is 0. The van der Waals surface area contributed by atoms with Crippen molar-refractivity contribution in [3.8, 4) is 0 Å². The van der Waals surface area contributed by atoms with Crippen molar-refractivity contribution in [2.24, 2.45) is 0 Å². The minimum absolute atomic E-state index is 0.0553. The number of aromatic nitrogens is 2. The monoisotopic (exact) mass is 451 g/mol. The Morgan fingerprint density at radius 3 is 2.69 bits per heavy atom. The summed E-state index contributed by atoms with van der Waals surface area (Å²) in [6.07, 6.45) is 3.03. The van der Waals surface area contributed by atoms with E-state index in [0.717, 1.165) is 61.8 Å². The van der Waals surface area contributed by atoms with Gasteiger partial charge in [-0.25, -0.2) is 4.98 Å². The lowest BCUT2D eigenvalue weighted by Gasteiger charge is -2.36. The van der Waals surface area contributed by atoms with E-state index in [9.17, 15) is 4.79 Å². The van der Waals surface area contributed by atoms with Crippen molar-refractivity contribution in [1.29, 1.82) is 0 Å². The number of fused-ring (bicyclic) bond motifs is 1. The lowest BCUT2D eigenvalue weighted by atomic mass is 10.2. The van der Waals surface area contributed by atoms with Crippen molar-refractivity contribution in [3.63, 3.8) is 0 Å². The average Bonchev–Trinajstić information content (AvgIpc) is 3.14. The Morgan fingerprint density at radius 1 is 1.09 bits per heavy atom. The number of nitrogens with zero attached hydrogens (tertiary/aromatic N) is 4. The van der Waals surface area contributed by atoms with Gasteiger partial charge in [0, 0.05) is 38.4 Å². The third kappa shape index (κ3) is 5.64. The molecule has 0 atom stereocenters. The molecule has 1 N–H and O–H groups in total. The number of nitrogens with one attached hydrogen (secondary N) is 1. The molecule has 2 heterocycles. The minimum atomic E-state index is 0.0553. The summed E-state index contributed by atoms with van der Waals surface area (Å²) in [6.45, 7) is 8.46. The van der Waals surface area contributed by atoms with Crippen LogP contribution in [0.4, 0.5) is 5.69 Å². The number of carbonyl (C=O) groups is 1. The van der Waals surface area contributed by atoms with Crippen LogP contribution >= 0.6 is 11.8 Å². The van der Waals surface area contributed by atoms with Crippen LogP contribution in [-0.2, 0) is 17.1 Å². The molecule has 6 nitrogen and oxygen atoms in total. The number of rotatable bonds is 9. The smallest absolute Gasteiger partial charge is 0.240 e. The summed E-state index contributed by atoms with van der Waals surface area (Å²) >= 11 is 1.72. The van der Waals surface area contributed by atoms with E-state index < -0.39 is 0 Å². The Morgan fingerprint density at radius 2 is 1.91 bits per heavy atom. The number of thioether (sulfide) groups is 1. The highest BCUT2D eigenvalue weighted by molar-refractivity contribution is 7.97. The lowest BCUT2D eigenvalue weighted by molar-refractivity contribution is -0.121. The molecule has 7 heteroatoms. The van der Waals surface area contributed by atoms with Gasteiger partial charge in [0.05, 0.1) is 16.8 Å². The molecule has 0 spiro atoms. The largest absolute Gasteiger partial charge is 0.369 e. The van der Waals surface area contributed by atoms with Crippen LogP contribution in [0.5, 0.6) is 0 Å². The van der Waals surface area contributed by atoms with Crippen LogP contribution in [0, 0.1) is 6.92 Å². The molecule has 0 saturated carbocycles. The fraction of sp³-hybridized carbons (Fsp3) is 0.440. The Balaban J connectivity index is 1.20. The standard InChI is InChI=1S/C25H33N5OS/c1-20-7-5-8-21(17-20)29-15-13-28(14-16-29)12-6-11-26-25(31)18-30-23-10-4-3-9-22(23)27-24(30)19-32-2/h3-5,7-10,17H,6,11-16,18-19H2,1-2H3,(H,26,31). The van der Waals surface area contributed by atoms with Crippen molar-refractivity contribution in [3.05, 3.63) is 59.9 Å². The van der Waals surface area contributed by atoms with Gasteiger partial charge in [0.2, 0.25) is 5.91 Å². The Bertz CT molecular complexity index is 1040. The first kappa shape index (κ1) is 22.7. The third-order valence-electron chi connectivity index (χ3n) is 6.02. The molecule has 1 fully saturated rings. The van der Waals surface area contributed by atoms with Crippen LogP contribution in [0.3, 0.4) is 0 Å². The molecule has 3 aromatic rings. The van der Waals surface area contributed by atoms with Gasteiger partial charge in [-0.15, -0.1) is 0 Å². The summed E-state index contributed by atoms with van der Waals surface area (Å²) in [5, 5.41) is 3.10. The Kier molecular flexibility index (Phi) is 7.71. The van der Waals surface area contributed by atoms with Gasteiger partial charge >= 0.3 is 0 Å². The molecule has 32 heavy (non-hydrogen) atoms. The maximum atomic E-state index is 12.6. The summed E-state index contributed by atoms with van der Waals surface area (Å²) in [4.78, 5) is 22.3. The molecular weight excluding hydrogens is 418 g/mol. The van der Waals surface area contributed by atoms with Gasteiger partial charge in [0.15, 0.2) is 0 Å². The molecule has 1 aliphatic rings. The first-order chi connectivity index (χ1) is 15.6. The SMILES string of the molecule is CSCc1nc2ccccc2n1CC(=O)NCCCN1CCN(c2cccc(C)c2)CC1. The fourth-order valence-corrected chi connectivity index (χ4v) is 4.80. The second-order valence-corrected chi connectivity index (χ2v) is 9.27. The number of hydrogen-bond donors (Lipinski definition) is 1. The quantitative estimate of drug-likeness (QED) is 0.505. The number of amides is 1. The van der Waals surface area contributed by atoms with E-state index in [1.165, 1.54) is 11.3 Å². The highest BCUT2D eigenvalue weighted by Crippen LogP contribution is 2.19. The second kappa shape index (κ2) is 10.9. The zero-order valence-corrected chi connectivity index (χ0v) is 19.9. The van der Waals surface area contributed by atoms with E-state index >= 15 is 0 Å². The van der Waals surface area contributed by atoms with Crippen LogP contribution in [0.25, 0.3) is 11.0 Å². The van der Waals surface area contributed by atoms with E-state index in [4.69, 9.17) is 4.98 Å². The van der Waals surface area contributed by atoms with Crippen LogP contribution in [0.15, 0.2) is 48.5 Å². The molecule has 1 aromatic heterocycles. The van der Waals surface area contributed by atoms with Crippen LogP contribution in [0.1, 0.15) is 17.8 Å². The third-order valence-corrected chi connectivity index (χ3v) is 6.57. The lowest BCUT2D eigenvalue weighted by Crippen LogP contribution is -2.47. The Hall–Kier alpha value is -2.51. The molecule has 0 radical (unpaired) electrons. The van der Waals surface area contributed by atoms with Crippen LogP contribution < -0.4 is 10.2 Å². The number of carbonyl (C=O) groups excluding carboxylic acids is 1. The van der Waals surface area contributed by atoms with E-state index in [0.29, 0.717) is 13.1 Å². The number of anilines is 1. The summed E-state index contributed by atoms with van der Waals surface area (Å²) in [5.74, 6) is 1.82. The highest BCUT2D eigenvalue weighted by atomic mass is 32.2. The molecule has 1 amide bonds. The molecule has 0 bridgehead atoms. The number of hydrogen-bond acceptors (Lipinski definition) is 5. The summed E-state index contributed by atoms with van der Waals surface area (Å²) < 4.78 is 2.05. The highest BCUT2D eigenvalue weighted by Gasteiger charge is 2.17. The van der Waals surface area contributed by atoms with Gasteiger partial charge in [-0.3, -0.25) is 9.69 Å². The molecule has 1 saturated heterocycles.